The zero-order valence-corrected chi connectivity index (χ0v) is 14.3. The maximum absolute atomic E-state index is 5.95. The first-order valence-corrected chi connectivity index (χ1v) is 8.73. The molecule has 1 saturated heterocycles. The Morgan fingerprint density at radius 2 is 2.05 bits per heavy atom. The predicted molar refractivity (Wildman–Crippen MR) is 88.0 cm³/mol. The minimum absolute atomic E-state index is 0.0849. The monoisotopic (exact) mass is 387 g/mol. The van der Waals surface area contributed by atoms with Crippen LogP contribution in [0.3, 0.4) is 0 Å². The molecule has 20 heavy (non-hydrogen) atoms. The highest BCUT2D eigenvalue weighted by molar-refractivity contribution is 14.1. The van der Waals surface area contributed by atoms with E-state index >= 15 is 0 Å². The topological polar surface area (TPSA) is 47.0 Å². The van der Waals surface area contributed by atoms with E-state index in [0.717, 1.165) is 37.4 Å². The van der Waals surface area contributed by atoms with E-state index in [2.05, 4.69) is 41.8 Å². The molecule has 0 aromatic carbocycles. The molecule has 2 fully saturated rings. The van der Waals surface area contributed by atoms with Gasteiger partial charge >= 0.3 is 0 Å². The zero-order chi connectivity index (χ0) is 14.1. The van der Waals surface area contributed by atoms with Gasteiger partial charge in [-0.1, -0.05) is 6.92 Å². The Labute approximate surface area is 134 Å². The summed E-state index contributed by atoms with van der Waals surface area (Å²) in [7, 11) is 0. The summed E-state index contributed by atoms with van der Waals surface area (Å²) >= 11 is 2.39. The van der Waals surface area contributed by atoms with Crippen molar-refractivity contribution in [2.24, 2.45) is 0 Å². The van der Waals surface area contributed by atoms with E-state index in [0.29, 0.717) is 12.0 Å². The van der Waals surface area contributed by atoms with Gasteiger partial charge in [0.05, 0.1) is 15.4 Å². The van der Waals surface area contributed by atoms with Crippen molar-refractivity contribution in [1.82, 2.24) is 9.97 Å². The van der Waals surface area contributed by atoms with E-state index < -0.39 is 0 Å². The van der Waals surface area contributed by atoms with Crippen LogP contribution in [0.1, 0.15) is 69.5 Å². The number of nitrogens with one attached hydrogen (secondary N) is 1. The van der Waals surface area contributed by atoms with Crippen LogP contribution < -0.4 is 5.32 Å². The van der Waals surface area contributed by atoms with Gasteiger partial charge in [-0.3, -0.25) is 0 Å². The fourth-order valence-electron chi connectivity index (χ4n) is 2.61. The average Bonchev–Trinajstić information content (AvgIpc) is 3.19. The van der Waals surface area contributed by atoms with Crippen LogP contribution in [-0.4, -0.2) is 22.6 Å². The van der Waals surface area contributed by atoms with Gasteiger partial charge in [0, 0.05) is 12.5 Å². The van der Waals surface area contributed by atoms with Crippen LogP contribution in [-0.2, 0) is 4.74 Å². The summed E-state index contributed by atoms with van der Waals surface area (Å²) in [6, 6.07) is 0. The molecule has 5 heteroatoms. The smallest absolute Gasteiger partial charge is 0.159 e. The number of nitrogens with zero attached hydrogens (tertiary/aromatic N) is 2. The molecule has 0 spiro atoms. The summed E-state index contributed by atoms with van der Waals surface area (Å²) in [4.78, 5) is 9.58. The van der Waals surface area contributed by atoms with E-state index in [-0.39, 0.29) is 6.10 Å². The van der Waals surface area contributed by atoms with Crippen molar-refractivity contribution in [1.29, 1.82) is 0 Å². The number of hydrogen-bond donors (Lipinski definition) is 1. The Morgan fingerprint density at radius 1 is 1.25 bits per heavy atom. The first kappa shape index (κ1) is 14.5. The summed E-state index contributed by atoms with van der Waals surface area (Å²) in [5, 5.41) is 3.45. The van der Waals surface area contributed by atoms with E-state index in [1.54, 1.807) is 0 Å². The lowest BCUT2D eigenvalue weighted by Gasteiger charge is -2.16. The van der Waals surface area contributed by atoms with Gasteiger partial charge in [0.25, 0.3) is 0 Å². The fourth-order valence-corrected chi connectivity index (χ4v) is 3.48. The van der Waals surface area contributed by atoms with E-state index in [1.165, 1.54) is 22.1 Å². The van der Waals surface area contributed by atoms with Gasteiger partial charge in [0.15, 0.2) is 5.82 Å². The van der Waals surface area contributed by atoms with Crippen LogP contribution in [0.2, 0.25) is 0 Å². The Bertz CT molecular complexity index is 490. The number of anilines is 1. The van der Waals surface area contributed by atoms with Crippen LogP contribution in [0.25, 0.3) is 0 Å². The SMILES string of the molecule is CCCNc1nc(C2CCC(C)O2)nc(C2CC2)c1I. The largest absolute Gasteiger partial charge is 0.369 e. The maximum atomic E-state index is 5.95. The summed E-state index contributed by atoms with van der Waals surface area (Å²) in [6.07, 6.45) is 6.20. The van der Waals surface area contributed by atoms with Crippen molar-refractivity contribution in [3.63, 3.8) is 0 Å². The van der Waals surface area contributed by atoms with Crippen LogP contribution >= 0.6 is 22.6 Å². The summed E-state index contributed by atoms with van der Waals surface area (Å²) in [5.41, 5.74) is 1.23. The molecule has 2 heterocycles. The Hall–Kier alpha value is -0.430. The lowest BCUT2D eigenvalue weighted by Crippen LogP contribution is -2.13. The molecule has 4 nitrogen and oxygen atoms in total. The molecule has 1 aromatic heterocycles. The van der Waals surface area contributed by atoms with Crippen molar-refractivity contribution >= 4 is 28.4 Å². The Kier molecular flexibility index (Phi) is 4.45. The molecule has 1 saturated carbocycles. The highest BCUT2D eigenvalue weighted by Crippen LogP contribution is 2.43. The highest BCUT2D eigenvalue weighted by Gasteiger charge is 2.32. The molecule has 1 aliphatic heterocycles. The third-order valence-electron chi connectivity index (χ3n) is 3.92. The van der Waals surface area contributed by atoms with Gasteiger partial charge in [-0.05, 0) is 61.6 Å². The van der Waals surface area contributed by atoms with Crippen LogP contribution in [0.5, 0.6) is 0 Å². The van der Waals surface area contributed by atoms with Crippen molar-refractivity contribution in [2.75, 3.05) is 11.9 Å². The molecule has 110 valence electrons. The third-order valence-corrected chi connectivity index (χ3v) is 4.98. The minimum Gasteiger partial charge on any atom is -0.369 e. The number of ether oxygens (including phenoxy) is 1. The first-order valence-electron chi connectivity index (χ1n) is 7.65. The molecular formula is C15H22IN3O. The van der Waals surface area contributed by atoms with Gasteiger partial charge in [-0.25, -0.2) is 9.97 Å². The van der Waals surface area contributed by atoms with E-state index in [4.69, 9.17) is 14.7 Å². The number of aromatic nitrogens is 2. The fraction of sp³-hybridized carbons (Fsp3) is 0.733. The lowest BCUT2D eigenvalue weighted by molar-refractivity contribution is 0.0502. The molecule has 0 amide bonds. The quantitative estimate of drug-likeness (QED) is 0.776. The second-order valence-corrected chi connectivity index (χ2v) is 6.92. The Balaban J connectivity index is 1.90. The van der Waals surface area contributed by atoms with Crippen LogP contribution in [0, 0.1) is 3.57 Å². The molecule has 2 aliphatic rings. The second-order valence-electron chi connectivity index (χ2n) is 5.84. The molecule has 1 aromatic rings. The van der Waals surface area contributed by atoms with Crippen molar-refractivity contribution < 1.29 is 4.74 Å². The predicted octanol–water partition coefficient (Wildman–Crippen LogP) is 4.02. The highest BCUT2D eigenvalue weighted by atomic mass is 127. The van der Waals surface area contributed by atoms with E-state index in [1.807, 2.05) is 0 Å². The number of halogens is 1. The van der Waals surface area contributed by atoms with Crippen molar-refractivity contribution in [3.8, 4) is 0 Å². The van der Waals surface area contributed by atoms with Gasteiger partial charge in [0.2, 0.25) is 0 Å². The van der Waals surface area contributed by atoms with Gasteiger partial charge in [-0.2, -0.15) is 0 Å². The summed E-state index contributed by atoms with van der Waals surface area (Å²) < 4.78 is 7.15. The molecule has 0 bridgehead atoms. The Morgan fingerprint density at radius 3 is 2.65 bits per heavy atom. The molecule has 3 rings (SSSR count). The normalized spacial score (nSPS) is 25.9. The molecule has 1 N–H and O–H groups in total. The zero-order valence-electron chi connectivity index (χ0n) is 12.2. The average molecular weight is 387 g/mol. The van der Waals surface area contributed by atoms with Crippen molar-refractivity contribution in [3.05, 3.63) is 15.1 Å². The first-order chi connectivity index (χ1) is 9.69. The van der Waals surface area contributed by atoms with Crippen LogP contribution in [0.4, 0.5) is 5.82 Å². The lowest BCUT2D eigenvalue weighted by atomic mass is 10.2. The standard InChI is InChI=1S/C15H22IN3O/c1-3-8-17-15-12(16)13(10-5-6-10)18-14(19-15)11-7-4-9(2)20-11/h9-11H,3-8H2,1-2H3,(H,17,18,19). The third kappa shape index (κ3) is 3.08. The minimum atomic E-state index is 0.0849. The molecule has 0 radical (unpaired) electrons. The van der Waals surface area contributed by atoms with Gasteiger partial charge in [-0.15, -0.1) is 0 Å². The number of rotatable bonds is 5. The number of hydrogen-bond acceptors (Lipinski definition) is 4. The van der Waals surface area contributed by atoms with Crippen molar-refractivity contribution in [2.45, 2.75) is 64.1 Å². The summed E-state index contributed by atoms with van der Waals surface area (Å²) in [6.45, 7) is 5.26. The van der Waals surface area contributed by atoms with Gasteiger partial charge in [0.1, 0.15) is 11.9 Å². The maximum Gasteiger partial charge on any atom is 0.159 e. The second kappa shape index (κ2) is 6.13. The van der Waals surface area contributed by atoms with Gasteiger partial charge < -0.3 is 10.1 Å². The van der Waals surface area contributed by atoms with Crippen LogP contribution in [0.15, 0.2) is 0 Å². The molecular weight excluding hydrogens is 365 g/mol. The molecule has 2 atom stereocenters. The molecule has 2 unspecified atom stereocenters. The van der Waals surface area contributed by atoms with E-state index in [9.17, 15) is 0 Å². The summed E-state index contributed by atoms with van der Waals surface area (Å²) in [5.74, 6) is 2.53. The molecule has 1 aliphatic carbocycles.